The van der Waals surface area contributed by atoms with Gasteiger partial charge in [0.15, 0.2) is 0 Å². The summed E-state index contributed by atoms with van der Waals surface area (Å²) in [5.41, 5.74) is 6.68. The molecule has 37 heavy (non-hydrogen) atoms. The molecule has 0 aromatic heterocycles. The van der Waals surface area contributed by atoms with Crippen LogP contribution in [0, 0.1) is 20.8 Å². The maximum absolute atomic E-state index is 13.4. The number of hydrogen-bond acceptors (Lipinski definition) is 4. The van der Waals surface area contributed by atoms with Crippen molar-refractivity contribution >= 4 is 35.0 Å². The van der Waals surface area contributed by atoms with Crippen LogP contribution in [0.15, 0.2) is 78.9 Å². The Bertz CT molecular complexity index is 1680. The Hall–Kier alpha value is -4.84. The largest absolute Gasteiger partial charge is 0.268 e. The molecule has 6 nitrogen and oxygen atoms in total. The zero-order chi connectivity index (χ0) is 26.0. The molecule has 0 radical (unpaired) electrons. The first-order chi connectivity index (χ1) is 17.7. The summed E-state index contributed by atoms with van der Waals surface area (Å²) >= 11 is 0. The van der Waals surface area contributed by atoms with Gasteiger partial charge in [-0.1, -0.05) is 47.5 Å². The Morgan fingerprint density at radius 2 is 1.00 bits per heavy atom. The molecular weight excluding hydrogens is 464 g/mol. The molecule has 6 rings (SSSR count). The van der Waals surface area contributed by atoms with Crippen molar-refractivity contribution in [2.24, 2.45) is 0 Å². The highest BCUT2D eigenvalue weighted by atomic mass is 16.2. The van der Waals surface area contributed by atoms with Crippen molar-refractivity contribution in [3.05, 3.63) is 118 Å². The van der Waals surface area contributed by atoms with Crippen LogP contribution in [0.4, 0.5) is 11.4 Å². The van der Waals surface area contributed by atoms with E-state index in [0.717, 1.165) is 32.1 Å². The number of amides is 4. The smallest absolute Gasteiger partial charge is 0.266 e. The Kier molecular flexibility index (Phi) is 4.95. The summed E-state index contributed by atoms with van der Waals surface area (Å²) < 4.78 is 0. The van der Waals surface area contributed by atoms with Gasteiger partial charge in [-0.25, -0.2) is 9.80 Å². The van der Waals surface area contributed by atoms with Crippen LogP contribution in [0.25, 0.3) is 11.1 Å². The molecule has 0 aliphatic carbocycles. The van der Waals surface area contributed by atoms with E-state index < -0.39 is 11.8 Å². The number of benzene rings is 4. The summed E-state index contributed by atoms with van der Waals surface area (Å²) in [7, 11) is 0. The summed E-state index contributed by atoms with van der Waals surface area (Å²) in [6, 6.07) is 23.3. The number of nitrogens with zero attached hydrogens (tertiary/aromatic N) is 2. The quantitative estimate of drug-likeness (QED) is 0.339. The van der Waals surface area contributed by atoms with Gasteiger partial charge in [-0.05, 0) is 79.9 Å². The Balaban J connectivity index is 1.33. The molecule has 4 amide bonds. The topological polar surface area (TPSA) is 74.8 Å². The maximum atomic E-state index is 13.4. The first-order valence-electron chi connectivity index (χ1n) is 11.9. The van der Waals surface area contributed by atoms with E-state index in [9.17, 15) is 19.2 Å². The third kappa shape index (κ3) is 3.41. The second-order valence-corrected chi connectivity index (χ2v) is 9.54. The fraction of sp³-hybridized carbons (Fsp3) is 0.0968. The lowest BCUT2D eigenvalue weighted by Crippen LogP contribution is -2.31. The Morgan fingerprint density at radius 3 is 1.70 bits per heavy atom. The first kappa shape index (κ1) is 22.6. The minimum atomic E-state index is -0.405. The van der Waals surface area contributed by atoms with E-state index >= 15 is 0 Å². The molecule has 0 fully saturated rings. The average molecular weight is 487 g/mol. The number of carbonyl (C=O) groups excluding carboxylic acids is 4. The summed E-state index contributed by atoms with van der Waals surface area (Å²) in [5.74, 6) is -1.58. The highest BCUT2D eigenvalue weighted by Crippen LogP contribution is 2.36. The predicted octanol–water partition coefficient (Wildman–Crippen LogP) is 5.88. The monoisotopic (exact) mass is 486 g/mol. The molecule has 2 aliphatic rings. The van der Waals surface area contributed by atoms with Gasteiger partial charge < -0.3 is 0 Å². The highest BCUT2D eigenvalue weighted by Gasteiger charge is 2.39. The molecule has 0 bridgehead atoms. The molecule has 0 saturated heterocycles. The maximum Gasteiger partial charge on any atom is 0.266 e. The molecule has 0 N–H and O–H groups in total. The van der Waals surface area contributed by atoms with Crippen molar-refractivity contribution in [3.8, 4) is 11.1 Å². The number of imide groups is 2. The van der Waals surface area contributed by atoms with Crippen molar-refractivity contribution < 1.29 is 19.2 Å². The van der Waals surface area contributed by atoms with Crippen LogP contribution >= 0.6 is 0 Å². The number of anilines is 2. The standard InChI is InChI=1S/C31H22N2O4/c1-17-4-7-20(8-5-17)21-9-12-24-26(16-21)30(36)32(28(24)34)22-10-13-27(19(3)15-22)33-29(35)23-11-6-18(2)14-25(23)31(33)37/h4-16H,1-3H3. The molecule has 0 saturated carbocycles. The van der Waals surface area contributed by atoms with Gasteiger partial charge in [0.1, 0.15) is 0 Å². The van der Waals surface area contributed by atoms with Gasteiger partial charge in [0.25, 0.3) is 23.6 Å². The third-order valence-corrected chi connectivity index (χ3v) is 6.99. The molecule has 0 unspecified atom stereocenters. The van der Waals surface area contributed by atoms with E-state index in [1.54, 1.807) is 55.5 Å². The lowest BCUT2D eigenvalue weighted by molar-refractivity contribution is 0.0909. The fourth-order valence-electron chi connectivity index (χ4n) is 5.00. The Labute approximate surface area is 213 Å². The zero-order valence-corrected chi connectivity index (χ0v) is 20.5. The van der Waals surface area contributed by atoms with Gasteiger partial charge >= 0.3 is 0 Å². The summed E-state index contributed by atoms with van der Waals surface area (Å²) in [4.78, 5) is 55.0. The van der Waals surface area contributed by atoms with E-state index in [4.69, 9.17) is 0 Å². The molecular formula is C31H22N2O4. The van der Waals surface area contributed by atoms with Crippen LogP contribution in [0.1, 0.15) is 58.1 Å². The molecule has 0 spiro atoms. The summed E-state index contributed by atoms with van der Waals surface area (Å²) in [6.07, 6.45) is 0. The molecule has 4 aromatic carbocycles. The van der Waals surface area contributed by atoms with E-state index in [1.807, 2.05) is 44.2 Å². The number of aryl methyl sites for hydroxylation is 3. The lowest BCUT2D eigenvalue weighted by Gasteiger charge is -2.20. The van der Waals surface area contributed by atoms with Gasteiger partial charge in [-0.3, -0.25) is 19.2 Å². The minimum absolute atomic E-state index is 0.346. The predicted molar refractivity (Wildman–Crippen MR) is 141 cm³/mol. The molecule has 2 aliphatic heterocycles. The molecule has 6 heteroatoms. The van der Waals surface area contributed by atoms with Crippen molar-refractivity contribution in [1.29, 1.82) is 0 Å². The van der Waals surface area contributed by atoms with Crippen molar-refractivity contribution in [2.75, 3.05) is 9.80 Å². The number of carbonyl (C=O) groups is 4. The number of fused-ring (bicyclic) bond motifs is 2. The number of hydrogen-bond donors (Lipinski definition) is 0. The Morgan fingerprint density at radius 1 is 0.459 bits per heavy atom. The fourth-order valence-corrected chi connectivity index (χ4v) is 5.00. The van der Waals surface area contributed by atoms with Crippen LogP contribution in [0.3, 0.4) is 0 Å². The highest BCUT2D eigenvalue weighted by molar-refractivity contribution is 6.36. The van der Waals surface area contributed by atoms with Crippen molar-refractivity contribution in [2.45, 2.75) is 20.8 Å². The second-order valence-electron chi connectivity index (χ2n) is 9.54. The van der Waals surface area contributed by atoms with E-state index in [1.165, 1.54) is 0 Å². The van der Waals surface area contributed by atoms with Crippen LogP contribution in [-0.2, 0) is 0 Å². The molecule has 4 aromatic rings. The summed E-state index contributed by atoms with van der Waals surface area (Å²) in [5, 5.41) is 0. The molecule has 180 valence electrons. The SMILES string of the molecule is Cc1ccc(-c2ccc3c(c2)C(=O)N(c2ccc(N4C(=O)c5ccc(C)cc5C4=O)c(C)c2)C3=O)cc1. The van der Waals surface area contributed by atoms with E-state index in [2.05, 4.69) is 0 Å². The zero-order valence-electron chi connectivity index (χ0n) is 20.5. The van der Waals surface area contributed by atoms with Crippen molar-refractivity contribution in [1.82, 2.24) is 0 Å². The van der Waals surface area contributed by atoms with Crippen molar-refractivity contribution in [3.63, 3.8) is 0 Å². The van der Waals surface area contributed by atoms with Gasteiger partial charge in [0.2, 0.25) is 0 Å². The van der Waals surface area contributed by atoms with E-state index in [0.29, 0.717) is 39.2 Å². The summed E-state index contributed by atoms with van der Waals surface area (Å²) in [6.45, 7) is 5.63. The average Bonchev–Trinajstić information content (AvgIpc) is 3.28. The van der Waals surface area contributed by atoms with Crippen LogP contribution in [0.2, 0.25) is 0 Å². The third-order valence-electron chi connectivity index (χ3n) is 6.99. The van der Waals surface area contributed by atoms with Gasteiger partial charge in [-0.2, -0.15) is 0 Å². The van der Waals surface area contributed by atoms with Gasteiger partial charge in [0, 0.05) is 0 Å². The van der Waals surface area contributed by atoms with Crippen LogP contribution in [0.5, 0.6) is 0 Å². The minimum Gasteiger partial charge on any atom is -0.268 e. The second kappa shape index (κ2) is 8.10. The normalized spacial score (nSPS) is 14.5. The van der Waals surface area contributed by atoms with Gasteiger partial charge in [0.05, 0.1) is 33.6 Å². The molecule has 0 atom stereocenters. The first-order valence-corrected chi connectivity index (χ1v) is 11.9. The number of rotatable bonds is 3. The van der Waals surface area contributed by atoms with E-state index in [-0.39, 0.29) is 11.8 Å². The lowest BCUT2D eigenvalue weighted by atomic mass is 9.99. The van der Waals surface area contributed by atoms with Crippen LogP contribution < -0.4 is 9.80 Å². The molecule has 2 heterocycles. The van der Waals surface area contributed by atoms with Crippen LogP contribution in [-0.4, -0.2) is 23.6 Å². The van der Waals surface area contributed by atoms with Gasteiger partial charge in [-0.15, -0.1) is 0 Å².